The van der Waals surface area contributed by atoms with Gasteiger partial charge in [0.15, 0.2) is 6.61 Å². The standard InChI is InChI=1S/C23H26F2N2O3S/c1-15-5-3-6-16(2)27(15)21(28)14-30-19-11-9-17(10-12-19)22(29)26-18-7-4-8-20(13-18)31-23(24)25/h4,7-13,15-16,23H,3,5-6,14H2,1-2H3,(H,26,29). The van der Waals surface area contributed by atoms with Gasteiger partial charge in [0.2, 0.25) is 0 Å². The normalized spacial score (nSPS) is 18.7. The Labute approximate surface area is 185 Å². The second-order valence-corrected chi connectivity index (χ2v) is 8.67. The molecule has 1 saturated heterocycles. The monoisotopic (exact) mass is 448 g/mol. The molecule has 5 nitrogen and oxygen atoms in total. The number of piperidine rings is 1. The van der Waals surface area contributed by atoms with Gasteiger partial charge in [0.1, 0.15) is 5.75 Å². The van der Waals surface area contributed by atoms with Gasteiger partial charge in [-0.2, -0.15) is 8.78 Å². The van der Waals surface area contributed by atoms with Crippen LogP contribution in [-0.2, 0) is 4.79 Å². The van der Waals surface area contributed by atoms with Crippen LogP contribution in [-0.4, -0.2) is 41.2 Å². The minimum Gasteiger partial charge on any atom is -0.484 e. The van der Waals surface area contributed by atoms with Crippen LogP contribution in [0.15, 0.2) is 53.4 Å². The van der Waals surface area contributed by atoms with Crippen LogP contribution in [0.1, 0.15) is 43.5 Å². The van der Waals surface area contributed by atoms with Crippen LogP contribution in [0.3, 0.4) is 0 Å². The first-order valence-corrected chi connectivity index (χ1v) is 11.1. The lowest BCUT2D eigenvalue weighted by Crippen LogP contribution is -2.49. The summed E-state index contributed by atoms with van der Waals surface area (Å²) in [4.78, 5) is 27.3. The number of benzene rings is 2. The number of hydrogen-bond acceptors (Lipinski definition) is 4. The summed E-state index contributed by atoms with van der Waals surface area (Å²) in [6, 6.07) is 13.2. The van der Waals surface area contributed by atoms with Crippen molar-refractivity contribution in [2.24, 2.45) is 0 Å². The van der Waals surface area contributed by atoms with Crippen molar-refractivity contribution in [1.29, 1.82) is 0 Å². The second-order valence-electron chi connectivity index (χ2n) is 7.60. The third-order valence-electron chi connectivity index (χ3n) is 5.28. The Morgan fingerprint density at radius 2 is 1.81 bits per heavy atom. The van der Waals surface area contributed by atoms with Crippen LogP contribution in [0.25, 0.3) is 0 Å². The molecule has 0 spiro atoms. The molecule has 1 heterocycles. The zero-order chi connectivity index (χ0) is 22.4. The van der Waals surface area contributed by atoms with E-state index in [4.69, 9.17) is 4.74 Å². The van der Waals surface area contributed by atoms with Crippen molar-refractivity contribution in [2.75, 3.05) is 11.9 Å². The number of nitrogens with zero attached hydrogens (tertiary/aromatic N) is 1. The average Bonchev–Trinajstić information content (AvgIpc) is 2.72. The Morgan fingerprint density at radius 3 is 2.45 bits per heavy atom. The summed E-state index contributed by atoms with van der Waals surface area (Å²) in [5.41, 5.74) is 0.829. The van der Waals surface area contributed by atoms with Gasteiger partial charge in [-0.15, -0.1) is 0 Å². The minimum absolute atomic E-state index is 0.0388. The molecule has 0 aromatic heterocycles. The number of amides is 2. The molecule has 2 atom stereocenters. The third kappa shape index (κ3) is 6.43. The highest BCUT2D eigenvalue weighted by molar-refractivity contribution is 7.99. The number of rotatable bonds is 7. The Morgan fingerprint density at radius 1 is 1.13 bits per heavy atom. The van der Waals surface area contributed by atoms with Crippen LogP contribution in [0.4, 0.5) is 14.5 Å². The Balaban J connectivity index is 1.55. The maximum Gasteiger partial charge on any atom is 0.288 e. The number of ether oxygens (including phenoxy) is 1. The molecule has 2 unspecified atom stereocenters. The molecule has 2 aromatic carbocycles. The topological polar surface area (TPSA) is 58.6 Å². The van der Waals surface area contributed by atoms with E-state index >= 15 is 0 Å². The molecule has 1 N–H and O–H groups in total. The van der Waals surface area contributed by atoms with Gasteiger partial charge < -0.3 is 15.0 Å². The molecule has 1 fully saturated rings. The van der Waals surface area contributed by atoms with Crippen LogP contribution in [0, 0.1) is 0 Å². The molecule has 1 aliphatic heterocycles. The number of carbonyl (C=O) groups is 2. The van der Waals surface area contributed by atoms with Gasteiger partial charge in [-0.25, -0.2) is 0 Å². The van der Waals surface area contributed by atoms with E-state index in [1.54, 1.807) is 42.5 Å². The highest BCUT2D eigenvalue weighted by Gasteiger charge is 2.28. The summed E-state index contributed by atoms with van der Waals surface area (Å²) >= 11 is 0.423. The summed E-state index contributed by atoms with van der Waals surface area (Å²) < 4.78 is 30.7. The lowest BCUT2D eigenvalue weighted by Gasteiger charge is -2.38. The van der Waals surface area contributed by atoms with E-state index in [0.717, 1.165) is 19.3 Å². The van der Waals surface area contributed by atoms with E-state index in [1.807, 2.05) is 4.90 Å². The Bertz CT molecular complexity index is 898. The summed E-state index contributed by atoms with van der Waals surface area (Å²) in [5, 5.41) is 2.70. The van der Waals surface area contributed by atoms with Crippen LogP contribution in [0.5, 0.6) is 5.75 Å². The van der Waals surface area contributed by atoms with Gasteiger partial charge >= 0.3 is 0 Å². The van der Waals surface area contributed by atoms with E-state index in [9.17, 15) is 18.4 Å². The average molecular weight is 449 g/mol. The predicted octanol–water partition coefficient (Wildman–Crippen LogP) is 5.42. The second kappa shape index (κ2) is 10.6. The van der Waals surface area contributed by atoms with Crippen LogP contribution in [0.2, 0.25) is 0 Å². The molecule has 3 rings (SSSR count). The zero-order valence-corrected chi connectivity index (χ0v) is 18.3. The first-order chi connectivity index (χ1) is 14.8. The number of hydrogen-bond donors (Lipinski definition) is 1. The van der Waals surface area contributed by atoms with Crippen LogP contribution < -0.4 is 10.1 Å². The number of likely N-dealkylation sites (tertiary alicyclic amines) is 1. The molecule has 0 radical (unpaired) electrons. The molecular formula is C23H26F2N2O3S. The summed E-state index contributed by atoms with van der Waals surface area (Å²) in [6.45, 7) is 4.07. The van der Waals surface area contributed by atoms with Crippen molar-refractivity contribution in [2.45, 2.75) is 55.8 Å². The first-order valence-electron chi connectivity index (χ1n) is 10.2. The van der Waals surface area contributed by atoms with Crippen molar-refractivity contribution < 1.29 is 23.1 Å². The summed E-state index contributed by atoms with van der Waals surface area (Å²) in [5.74, 6) is -2.43. The predicted molar refractivity (Wildman–Crippen MR) is 118 cm³/mol. The largest absolute Gasteiger partial charge is 0.484 e. The minimum atomic E-state index is -2.52. The number of halogens is 2. The number of alkyl halides is 2. The fourth-order valence-electron chi connectivity index (χ4n) is 3.79. The molecule has 0 saturated carbocycles. The van der Waals surface area contributed by atoms with Crippen molar-refractivity contribution in [3.05, 3.63) is 54.1 Å². The van der Waals surface area contributed by atoms with Crippen molar-refractivity contribution >= 4 is 29.3 Å². The van der Waals surface area contributed by atoms with E-state index in [0.29, 0.717) is 33.7 Å². The molecule has 1 aliphatic rings. The lowest BCUT2D eigenvalue weighted by atomic mass is 9.97. The zero-order valence-electron chi connectivity index (χ0n) is 17.5. The lowest BCUT2D eigenvalue weighted by molar-refractivity contribution is -0.139. The van der Waals surface area contributed by atoms with Crippen molar-refractivity contribution in [3.63, 3.8) is 0 Å². The Kier molecular flexibility index (Phi) is 7.90. The van der Waals surface area contributed by atoms with Crippen molar-refractivity contribution in [1.82, 2.24) is 4.90 Å². The highest BCUT2D eigenvalue weighted by atomic mass is 32.2. The summed E-state index contributed by atoms with van der Waals surface area (Å²) in [7, 11) is 0. The van der Waals surface area contributed by atoms with Gasteiger partial charge in [0, 0.05) is 28.2 Å². The fourth-order valence-corrected chi connectivity index (χ4v) is 4.35. The molecule has 2 amide bonds. The summed E-state index contributed by atoms with van der Waals surface area (Å²) in [6.07, 6.45) is 3.14. The quantitative estimate of drug-likeness (QED) is 0.575. The van der Waals surface area contributed by atoms with Crippen LogP contribution >= 0.6 is 11.8 Å². The number of nitrogens with one attached hydrogen (secondary N) is 1. The molecule has 8 heteroatoms. The third-order valence-corrected chi connectivity index (χ3v) is 5.98. The molecule has 31 heavy (non-hydrogen) atoms. The van der Waals surface area contributed by atoms with Gasteiger partial charge in [0.25, 0.3) is 17.6 Å². The molecule has 166 valence electrons. The number of thioether (sulfide) groups is 1. The van der Waals surface area contributed by atoms with E-state index in [1.165, 1.54) is 6.07 Å². The smallest absolute Gasteiger partial charge is 0.288 e. The maximum absolute atomic E-state index is 12.6. The van der Waals surface area contributed by atoms with E-state index in [2.05, 4.69) is 19.2 Å². The fraction of sp³-hybridized carbons (Fsp3) is 0.391. The first kappa shape index (κ1) is 23.1. The van der Waals surface area contributed by atoms with Gasteiger partial charge in [-0.1, -0.05) is 17.8 Å². The molecule has 0 bridgehead atoms. The van der Waals surface area contributed by atoms with E-state index < -0.39 is 5.76 Å². The van der Waals surface area contributed by atoms with Gasteiger partial charge in [0.05, 0.1) is 0 Å². The molecule has 2 aromatic rings. The maximum atomic E-state index is 12.6. The Hall–Kier alpha value is -2.61. The van der Waals surface area contributed by atoms with Gasteiger partial charge in [-0.3, -0.25) is 9.59 Å². The number of carbonyl (C=O) groups excluding carboxylic acids is 2. The number of anilines is 1. The van der Waals surface area contributed by atoms with Gasteiger partial charge in [-0.05, 0) is 75.6 Å². The molecular weight excluding hydrogens is 422 g/mol. The highest BCUT2D eigenvalue weighted by Crippen LogP contribution is 2.27. The van der Waals surface area contributed by atoms with E-state index in [-0.39, 0.29) is 30.5 Å². The molecule has 0 aliphatic carbocycles. The van der Waals surface area contributed by atoms with Crippen molar-refractivity contribution in [3.8, 4) is 5.75 Å². The SMILES string of the molecule is CC1CCCC(C)N1C(=O)COc1ccc(C(=O)Nc2cccc(SC(F)F)c2)cc1.